The molecular weight excluding hydrogens is 316 g/mol. The number of carbonyl (C=O) groups is 2. The molecule has 1 aliphatic carbocycles. The predicted octanol–water partition coefficient (Wildman–Crippen LogP) is 2.49. The number of hydrogen-bond acceptors (Lipinski definition) is 3. The molecule has 6 nitrogen and oxygen atoms in total. The molecule has 1 aliphatic rings. The monoisotopic (exact) mass is 338 g/mol. The zero-order valence-electron chi connectivity index (χ0n) is 14.3. The predicted molar refractivity (Wildman–Crippen MR) is 94.8 cm³/mol. The number of nitriles is 1. The fraction of sp³-hybridized carbons (Fsp3) is 0.421. The number of hydrogen-bond donors (Lipinski definition) is 3. The molecular formula is C19H22N4O2. The first-order chi connectivity index (χ1) is 12.0. The molecule has 2 amide bonds. The van der Waals surface area contributed by atoms with Crippen LogP contribution >= 0.6 is 0 Å². The Balaban J connectivity index is 1.58. The summed E-state index contributed by atoms with van der Waals surface area (Å²) in [5, 5.41) is 15.9. The van der Waals surface area contributed by atoms with Gasteiger partial charge in [0.2, 0.25) is 5.91 Å². The van der Waals surface area contributed by atoms with Crippen molar-refractivity contribution in [3.8, 4) is 6.07 Å². The molecule has 0 spiro atoms. The van der Waals surface area contributed by atoms with Gasteiger partial charge in [-0.3, -0.25) is 9.59 Å². The molecule has 1 saturated carbocycles. The topological polar surface area (TPSA) is 97.8 Å². The maximum Gasteiger partial charge on any atom is 0.268 e. The van der Waals surface area contributed by atoms with Gasteiger partial charge in [0.15, 0.2) is 0 Å². The van der Waals surface area contributed by atoms with Gasteiger partial charge in [0.1, 0.15) is 11.2 Å². The highest BCUT2D eigenvalue weighted by Gasteiger charge is 2.36. The summed E-state index contributed by atoms with van der Waals surface area (Å²) in [6.45, 7) is 1.95. The highest BCUT2D eigenvalue weighted by molar-refractivity contribution is 5.99. The van der Waals surface area contributed by atoms with Crippen molar-refractivity contribution in [2.24, 2.45) is 5.92 Å². The van der Waals surface area contributed by atoms with Gasteiger partial charge in [0.25, 0.3) is 5.91 Å². The van der Waals surface area contributed by atoms with Crippen molar-refractivity contribution in [1.82, 2.24) is 15.6 Å². The highest BCUT2D eigenvalue weighted by atomic mass is 16.2. The van der Waals surface area contributed by atoms with Crippen molar-refractivity contribution in [2.45, 2.75) is 38.1 Å². The van der Waals surface area contributed by atoms with Gasteiger partial charge >= 0.3 is 0 Å². The molecule has 6 heteroatoms. The van der Waals surface area contributed by atoms with E-state index < -0.39 is 5.54 Å². The Morgan fingerprint density at radius 3 is 2.92 bits per heavy atom. The van der Waals surface area contributed by atoms with Gasteiger partial charge in [-0.1, -0.05) is 31.5 Å². The van der Waals surface area contributed by atoms with E-state index in [1.54, 1.807) is 6.07 Å². The molecule has 25 heavy (non-hydrogen) atoms. The summed E-state index contributed by atoms with van der Waals surface area (Å²) in [6, 6.07) is 11.6. The van der Waals surface area contributed by atoms with Crippen molar-refractivity contribution in [1.29, 1.82) is 5.26 Å². The molecule has 1 aromatic heterocycles. The van der Waals surface area contributed by atoms with Gasteiger partial charge in [-0.05, 0) is 37.3 Å². The zero-order valence-corrected chi connectivity index (χ0v) is 14.3. The number of H-pyrrole nitrogens is 1. The van der Waals surface area contributed by atoms with Gasteiger partial charge in [0.05, 0.1) is 12.6 Å². The number of nitrogens with one attached hydrogen (secondary N) is 3. The number of carbonyl (C=O) groups excluding carboxylic acids is 2. The number of fused-ring (bicyclic) bond motifs is 1. The van der Waals surface area contributed by atoms with Gasteiger partial charge in [-0.15, -0.1) is 0 Å². The normalized spacial score (nSPS) is 23.0. The van der Waals surface area contributed by atoms with Crippen LogP contribution in [-0.4, -0.2) is 28.9 Å². The molecule has 1 heterocycles. The number of nitrogens with zero attached hydrogens (tertiary/aromatic N) is 1. The van der Waals surface area contributed by atoms with E-state index in [2.05, 4.69) is 28.6 Å². The first-order valence-corrected chi connectivity index (χ1v) is 8.59. The van der Waals surface area contributed by atoms with Crippen LogP contribution in [0.3, 0.4) is 0 Å². The molecule has 0 unspecified atom stereocenters. The number of para-hydroxylation sites is 1. The summed E-state index contributed by atoms with van der Waals surface area (Å²) < 4.78 is 0. The van der Waals surface area contributed by atoms with E-state index in [-0.39, 0.29) is 18.4 Å². The van der Waals surface area contributed by atoms with Crippen molar-refractivity contribution < 1.29 is 9.59 Å². The zero-order chi connectivity index (χ0) is 17.9. The van der Waals surface area contributed by atoms with Gasteiger partial charge < -0.3 is 15.6 Å². The Bertz CT molecular complexity index is 802. The minimum Gasteiger partial charge on any atom is -0.351 e. The number of aromatic amines is 1. The van der Waals surface area contributed by atoms with E-state index in [4.69, 9.17) is 0 Å². The van der Waals surface area contributed by atoms with Crippen LogP contribution in [0.4, 0.5) is 0 Å². The summed E-state index contributed by atoms with van der Waals surface area (Å²) in [4.78, 5) is 27.5. The Hall–Kier alpha value is -2.81. The van der Waals surface area contributed by atoms with Crippen LogP contribution in [0.2, 0.25) is 0 Å². The molecule has 130 valence electrons. The lowest BCUT2D eigenvalue weighted by Crippen LogP contribution is -2.52. The minimum atomic E-state index is -0.805. The first kappa shape index (κ1) is 17.0. The third-order valence-corrected chi connectivity index (χ3v) is 4.77. The lowest BCUT2D eigenvalue weighted by atomic mass is 9.77. The van der Waals surface area contributed by atoms with Crippen LogP contribution in [0.1, 0.15) is 43.1 Å². The van der Waals surface area contributed by atoms with Gasteiger partial charge in [0, 0.05) is 10.9 Å². The summed E-state index contributed by atoms with van der Waals surface area (Å²) in [6.07, 6.45) is 3.33. The second kappa shape index (κ2) is 6.98. The van der Waals surface area contributed by atoms with Crippen molar-refractivity contribution in [3.05, 3.63) is 36.0 Å². The van der Waals surface area contributed by atoms with Crippen LogP contribution in [0, 0.1) is 17.2 Å². The van der Waals surface area contributed by atoms with E-state index in [1.807, 2.05) is 24.3 Å². The Morgan fingerprint density at radius 1 is 1.40 bits per heavy atom. The molecule has 2 atom stereocenters. The van der Waals surface area contributed by atoms with Crippen molar-refractivity contribution >= 4 is 22.7 Å². The highest BCUT2D eigenvalue weighted by Crippen LogP contribution is 2.31. The van der Waals surface area contributed by atoms with Crippen LogP contribution in [0.5, 0.6) is 0 Å². The standard InChI is InChI=1S/C19H22N4O2/c1-13-5-4-8-19(10-13,12-20)23-17(24)11-21-18(25)16-9-14-6-2-3-7-15(14)22-16/h2-3,6-7,9,13,22H,4-5,8,10-11H2,1H3,(H,21,25)(H,23,24)/t13-,19-/m0/s1. The third kappa shape index (κ3) is 3.82. The second-order valence-corrected chi connectivity index (χ2v) is 6.90. The number of benzene rings is 1. The lowest BCUT2D eigenvalue weighted by molar-refractivity contribution is -0.121. The quantitative estimate of drug-likeness (QED) is 0.799. The Morgan fingerprint density at radius 2 is 2.20 bits per heavy atom. The van der Waals surface area contributed by atoms with E-state index in [0.29, 0.717) is 24.5 Å². The van der Waals surface area contributed by atoms with Crippen molar-refractivity contribution in [3.63, 3.8) is 0 Å². The van der Waals surface area contributed by atoms with E-state index in [1.165, 1.54) is 0 Å². The molecule has 3 rings (SSSR count). The van der Waals surface area contributed by atoms with Crippen LogP contribution in [-0.2, 0) is 4.79 Å². The maximum atomic E-state index is 12.2. The molecule has 3 N–H and O–H groups in total. The largest absolute Gasteiger partial charge is 0.351 e. The average Bonchev–Trinajstić information content (AvgIpc) is 3.04. The lowest BCUT2D eigenvalue weighted by Gasteiger charge is -2.35. The maximum absolute atomic E-state index is 12.2. The van der Waals surface area contributed by atoms with Crippen LogP contribution < -0.4 is 10.6 Å². The van der Waals surface area contributed by atoms with E-state index in [0.717, 1.165) is 23.7 Å². The van der Waals surface area contributed by atoms with Crippen LogP contribution in [0.25, 0.3) is 10.9 Å². The van der Waals surface area contributed by atoms with Crippen LogP contribution in [0.15, 0.2) is 30.3 Å². The van der Waals surface area contributed by atoms with Gasteiger partial charge in [-0.2, -0.15) is 5.26 Å². The smallest absolute Gasteiger partial charge is 0.268 e. The summed E-state index contributed by atoms with van der Waals surface area (Å²) in [7, 11) is 0. The molecule has 0 aliphatic heterocycles. The molecule has 1 fully saturated rings. The SMILES string of the molecule is C[C@H]1CCC[C@](C#N)(NC(=O)CNC(=O)c2cc3ccccc3[nH]2)C1. The molecule has 0 bridgehead atoms. The molecule has 0 saturated heterocycles. The summed E-state index contributed by atoms with van der Waals surface area (Å²) >= 11 is 0. The summed E-state index contributed by atoms with van der Waals surface area (Å²) in [5.41, 5.74) is 0.479. The van der Waals surface area contributed by atoms with Gasteiger partial charge in [-0.25, -0.2) is 0 Å². The fourth-order valence-corrected chi connectivity index (χ4v) is 3.56. The first-order valence-electron chi connectivity index (χ1n) is 8.59. The third-order valence-electron chi connectivity index (χ3n) is 4.77. The van der Waals surface area contributed by atoms with E-state index in [9.17, 15) is 14.9 Å². The molecule has 2 aromatic rings. The minimum absolute atomic E-state index is 0.147. The number of rotatable bonds is 4. The number of aromatic nitrogens is 1. The Labute approximate surface area is 146 Å². The van der Waals surface area contributed by atoms with Crippen molar-refractivity contribution in [2.75, 3.05) is 6.54 Å². The fourth-order valence-electron chi connectivity index (χ4n) is 3.56. The Kier molecular flexibility index (Phi) is 4.75. The van der Waals surface area contributed by atoms with E-state index >= 15 is 0 Å². The molecule has 0 radical (unpaired) electrons. The average molecular weight is 338 g/mol. The molecule has 1 aromatic carbocycles. The second-order valence-electron chi connectivity index (χ2n) is 6.90. The summed E-state index contributed by atoms with van der Waals surface area (Å²) in [5.74, 6) is -0.260. The number of amides is 2.